The molecule has 0 unspecified atom stereocenters. The third kappa shape index (κ3) is 2.59. The van der Waals surface area contributed by atoms with Gasteiger partial charge in [0.25, 0.3) is 0 Å². The first kappa shape index (κ1) is 9.77. The molecule has 0 aliphatic heterocycles. The zero-order valence-electron chi connectivity index (χ0n) is 8.85. The molecule has 0 amide bonds. The average molecular weight is 201 g/mol. The van der Waals surface area contributed by atoms with Crippen molar-refractivity contribution in [3.05, 3.63) is 48.4 Å². The summed E-state index contributed by atoms with van der Waals surface area (Å²) < 4.78 is 2.08. The molecule has 0 aliphatic rings. The monoisotopic (exact) mass is 201 g/mol. The highest BCUT2D eigenvalue weighted by atomic mass is 15.1. The SMILES string of the molecule is CCNc1cn(Cc2ccccc2)cn1. The molecule has 1 aromatic carbocycles. The molecule has 0 spiro atoms. The Hall–Kier alpha value is -1.77. The van der Waals surface area contributed by atoms with Gasteiger partial charge in [-0.25, -0.2) is 4.98 Å². The Kier molecular flexibility index (Phi) is 3.02. The van der Waals surface area contributed by atoms with Gasteiger partial charge < -0.3 is 9.88 Å². The Morgan fingerprint density at radius 1 is 1.27 bits per heavy atom. The van der Waals surface area contributed by atoms with Crippen molar-refractivity contribution in [2.75, 3.05) is 11.9 Å². The van der Waals surface area contributed by atoms with Gasteiger partial charge in [0.15, 0.2) is 0 Å². The first-order valence-corrected chi connectivity index (χ1v) is 5.18. The summed E-state index contributed by atoms with van der Waals surface area (Å²) >= 11 is 0. The molecule has 1 heterocycles. The minimum atomic E-state index is 0.874. The molecule has 1 N–H and O–H groups in total. The molecule has 3 nitrogen and oxygen atoms in total. The van der Waals surface area contributed by atoms with Crippen molar-refractivity contribution in [2.24, 2.45) is 0 Å². The molecule has 2 rings (SSSR count). The molecule has 3 heteroatoms. The average Bonchev–Trinajstić information content (AvgIpc) is 2.68. The van der Waals surface area contributed by atoms with Crippen molar-refractivity contribution in [3.63, 3.8) is 0 Å². The van der Waals surface area contributed by atoms with Crippen LogP contribution in [0.4, 0.5) is 5.82 Å². The first-order chi connectivity index (χ1) is 7.38. The van der Waals surface area contributed by atoms with E-state index in [0.717, 1.165) is 18.9 Å². The van der Waals surface area contributed by atoms with Gasteiger partial charge in [-0.05, 0) is 12.5 Å². The van der Waals surface area contributed by atoms with Gasteiger partial charge in [-0.15, -0.1) is 0 Å². The summed E-state index contributed by atoms with van der Waals surface area (Å²) in [5.74, 6) is 0.938. The third-order valence-electron chi connectivity index (χ3n) is 2.20. The maximum atomic E-state index is 4.25. The Bertz CT molecular complexity index is 406. The fourth-order valence-corrected chi connectivity index (χ4v) is 1.51. The maximum Gasteiger partial charge on any atom is 0.144 e. The van der Waals surface area contributed by atoms with Gasteiger partial charge in [0, 0.05) is 19.3 Å². The standard InChI is InChI=1S/C12H15N3/c1-2-13-12-9-15(10-14-12)8-11-6-4-3-5-7-11/h3-7,9-10,13H,2,8H2,1H3. The van der Waals surface area contributed by atoms with E-state index in [0.29, 0.717) is 0 Å². The fourth-order valence-electron chi connectivity index (χ4n) is 1.51. The van der Waals surface area contributed by atoms with E-state index in [1.54, 1.807) is 0 Å². The summed E-state index contributed by atoms with van der Waals surface area (Å²) in [5, 5.41) is 3.18. The molecule has 0 saturated heterocycles. The van der Waals surface area contributed by atoms with E-state index in [2.05, 4.69) is 46.1 Å². The highest BCUT2D eigenvalue weighted by Crippen LogP contribution is 2.06. The molecule has 0 atom stereocenters. The lowest BCUT2D eigenvalue weighted by atomic mass is 10.2. The van der Waals surface area contributed by atoms with Gasteiger partial charge in [0.05, 0.1) is 6.33 Å². The minimum Gasteiger partial charge on any atom is -0.369 e. The summed E-state index contributed by atoms with van der Waals surface area (Å²) in [6, 6.07) is 10.4. The van der Waals surface area contributed by atoms with Crippen LogP contribution in [0.25, 0.3) is 0 Å². The number of imidazole rings is 1. The molecule has 15 heavy (non-hydrogen) atoms. The van der Waals surface area contributed by atoms with Gasteiger partial charge in [-0.3, -0.25) is 0 Å². The number of rotatable bonds is 4. The van der Waals surface area contributed by atoms with Crippen molar-refractivity contribution in [1.29, 1.82) is 0 Å². The predicted octanol–water partition coefficient (Wildman–Crippen LogP) is 2.36. The predicted molar refractivity (Wildman–Crippen MR) is 61.9 cm³/mol. The molecule has 1 aromatic heterocycles. The van der Waals surface area contributed by atoms with E-state index >= 15 is 0 Å². The van der Waals surface area contributed by atoms with Crippen LogP contribution in [-0.4, -0.2) is 16.1 Å². The molecule has 2 aromatic rings. The van der Waals surface area contributed by atoms with Crippen molar-refractivity contribution in [3.8, 4) is 0 Å². The normalized spacial score (nSPS) is 10.2. The van der Waals surface area contributed by atoms with Gasteiger partial charge in [0.1, 0.15) is 5.82 Å². The molecule has 0 aliphatic carbocycles. The number of nitrogens with zero attached hydrogens (tertiary/aromatic N) is 2. The summed E-state index contributed by atoms with van der Waals surface area (Å²) in [6.07, 6.45) is 3.88. The zero-order chi connectivity index (χ0) is 10.5. The van der Waals surface area contributed by atoms with E-state index in [-0.39, 0.29) is 0 Å². The van der Waals surface area contributed by atoms with E-state index < -0.39 is 0 Å². The summed E-state index contributed by atoms with van der Waals surface area (Å²) in [4.78, 5) is 4.25. The quantitative estimate of drug-likeness (QED) is 0.823. The van der Waals surface area contributed by atoms with Crippen LogP contribution < -0.4 is 5.32 Å². The summed E-state index contributed by atoms with van der Waals surface area (Å²) in [5.41, 5.74) is 1.29. The van der Waals surface area contributed by atoms with Crippen LogP contribution >= 0.6 is 0 Å². The Labute approximate surface area is 89.8 Å². The highest BCUT2D eigenvalue weighted by Gasteiger charge is 1.97. The molecule has 0 saturated carbocycles. The second-order valence-corrected chi connectivity index (χ2v) is 3.45. The van der Waals surface area contributed by atoms with Crippen molar-refractivity contribution >= 4 is 5.82 Å². The van der Waals surface area contributed by atoms with Crippen LogP contribution in [0.1, 0.15) is 12.5 Å². The van der Waals surface area contributed by atoms with Crippen molar-refractivity contribution in [2.45, 2.75) is 13.5 Å². The van der Waals surface area contributed by atoms with Gasteiger partial charge in [0.2, 0.25) is 0 Å². The summed E-state index contributed by atoms with van der Waals surface area (Å²) in [6.45, 7) is 3.85. The lowest BCUT2D eigenvalue weighted by molar-refractivity contribution is 0.797. The van der Waals surface area contributed by atoms with Crippen LogP contribution in [0.3, 0.4) is 0 Å². The van der Waals surface area contributed by atoms with Crippen LogP contribution in [0, 0.1) is 0 Å². The maximum absolute atomic E-state index is 4.25. The van der Waals surface area contributed by atoms with Crippen molar-refractivity contribution in [1.82, 2.24) is 9.55 Å². The van der Waals surface area contributed by atoms with Gasteiger partial charge in [-0.2, -0.15) is 0 Å². The van der Waals surface area contributed by atoms with Gasteiger partial charge in [-0.1, -0.05) is 30.3 Å². The van der Waals surface area contributed by atoms with Crippen molar-refractivity contribution < 1.29 is 0 Å². The molecule has 0 bridgehead atoms. The number of anilines is 1. The van der Waals surface area contributed by atoms with E-state index in [4.69, 9.17) is 0 Å². The number of aromatic nitrogens is 2. The molecular weight excluding hydrogens is 186 g/mol. The number of hydrogen-bond donors (Lipinski definition) is 1. The van der Waals surface area contributed by atoms with E-state index in [9.17, 15) is 0 Å². The van der Waals surface area contributed by atoms with Gasteiger partial charge >= 0.3 is 0 Å². The fraction of sp³-hybridized carbons (Fsp3) is 0.250. The lowest BCUT2D eigenvalue weighted by Crippen LogP contribution is -1.97. The number of hydrogen-bond acceptors (Lipinski definition) is 2. The minimum absolute atomic E-state index is 0.874. The first-order valence-electron chi connectivity index (χ1n) is 5.18. The Balaban J connectivity index is 2.05. The van der Waals surface area contributed by atoms with E-state index in [1.807, 2.05) is 18.6 Å². The van der Waals surface area contributed by atoms with Crippen LogP contribution in [0.5, 0.6) is 0 Å². The Morgan fingerprint density at radius 3 is 2.80 bits per heavy atom. The van der Waals surface area contributed by atoms with Crippen LogP contribution in [-0.2, 0) is 6.54 Å². The van der Waals surface area contributed by atoms with Crippen LogP contribution in [0.2, 0.25) is 0 Å². The Morgan fingerprint density at radius 2 is 2.07 bits per heavy atom. The lowest BCUT2D eigenvalue weighted by Gasteiger charge is -2.01. The molecular formula is C12H15N3. The number of benzene rings is 1. The highest BCUT2D eigenvalue weighted by molar-refractivity contribution is 5.31. The zero-order valence-corrected chi connectivity index (χ0v) is 8.85. The number of nitrogens with one attached hydrogen (secondary N) is 1. The molecule has 78 valence electrons. The second kappa shape index (κ2) is 4.64. The third-order valence-corrected chi connectivity index (χ3v) is 2.20. The molecule has 0 fully saturated rings. The summed E-state index contributed by atoms with van der Waals surface area (Å²) in [7, 11) is 0. The molecule has 0 radical (unpaired) electrons. The smallest absolute Gasteiger partial charge is 0.144 e. The van der Waals surface area contributed by atoms with Crippen LogP contribution in [0.15, 0.2) is 42.9 Å². The largest absolute Gasteiger partial charge is 0.369 e. The second-order valence-electron chi connectivity index (χ2n) is 3.45. The van der Waals surface area contributed by atoms with E-state index in [1.165, 1.54) is 5.56 Å². The topological polar surface area (TPSA) is 29.9 Å².